The van der Waals surface area contributed by atoms with Crippen molar-refractivity contribution >= 4 is 0 Å². The van der Waals surface area contributed by atoms with Crippen molar-refractivity contribution in [2.75, 3.05) is 20.1 Å². The van der Waals surface area contributed by atoms with E-state index in [0.29, 0.717) is 0 Å². The first-order valence-corrected chi connectivity index (χ1v) is 2.28. The Balaban J connectivity index is 2.18. The molecule has 0 aromatic heterocycles. The van der Waals surface area contributed by atoms with Gasteiger partial charge in [0.25, 0.3) is 0 Å². The van der Waals surface area contributed by atoms with Crippen molar-refractivity contribution in [3.8, 4) is 0 Å². The van der Waals surface area contributed by atoms with Gasteiger partial charge in [-0.25, -0.2) is 5.01 Å². The molecule has 1 fully saturated rings. The molecule has 0 N–H and O–H groups in total. The molecular weight excluding hydrogens is 76.1 g/mol. The molecule has 0 unspecified atom stereocenters. The van der Waals surface area contributed by atoms with Crippen molar-refractivity contribution in [2.45, 2.75) is 6.42 Å². The van der Waals surface area contributed by atoms with Gasteiger partial charge in [-0.15, -0.1) is 0 Å². The van der Waals surface area contributed by atoms with E-state index in [1.165, 1.54) is 6.42 Å². The van der Waals surface area contributed by atoms with E-state index in [4.69, 9.17) is 0 Å². The third-order valence-electron chi connectivity index (χ3n) is 0.981. The highest BCUT2D eigenvalue weighted by Gasteiger charge is 2.04. The zero-order valence-corrected chi connectivity index (χ0v) is 4.02. The number of rotatable bonds is 0. The molecule has 0 aromatic carbocycles. The van der Waals surface area contributed by atoms with Gasteiger partial charge in [-0.3, -0.25) is 0 Å². The summed E-state index contributed by atoms with van der Waals surface area (Å²) in [4.78, 5) is 0. The minimum absolute atomic E-state index is 1.04. The second-order valence-corrected chi connectivity index (χ2v) is 1.60. The molecule has 0 amide bonds. The lowest BCUT2D eigenvalue weighted by Crippen LogP contribution is -2.18. The number of hydrogen-bond acceptors (Lipinski definition) is 1. The summed E-state index contributed by atoms with van der Waals surface area (Å²) in [7, 11) is 2.01. The summed E-state index contributed by atoms with van der Waals surface area (Å²) in [6.07, 6.45) is 1.25. The van der Waals surface area contributed by atoms with Crippen LogP contribution in [0.2, 0.25) is 0 Å². The van der Waals surface area contributed by atoms with Gasteiger partial charge in [0.1, 0.15) is 0 Å². The lowest BCUT2D eigenvalue weighted by molar-refractivity contribution is 0.307. The van der Waals surface area contributed by atoms with Gasteiger partial charge in [-0.2, -0.15) is 5.43 Å². The van der Waals surface area contributed by atoms with Crippen molar-refractivity contribution in [3.63, 3.8) is 0 Å². The quantitative estimate of drug-likeness (QED) is 0.399. The molecule has 0 saturated carbocycles. The molecule has 2 nitrogen and oxygen atoms in total. The van der Waals surface area contributed by atoms with Crippen molar-refractivity contribution in [1.29, 1.82) is 0 Å². The topological polar surface area (TPSA) is 17.3 Å². The Kier molecular flexibility index (Phi) is 1.08. The normalized spacial score (nSPS) is 25.5. The van der Waals surface area contributed by atoms with E-state index in [-0.39, 0.29) is 0 Å². The molecule has 1 rings (SSSR count). The fourth-order valence-electron chi connectivity index (χ4n) is 0.612. The highest BCUT2D eigenvalue weighted by atomic mass is 15.5. The van der Waals surface area contributed by atoms with Gasteiger partial charge in [0.15, 0.2) is 0 Å². The third-order valence-corrected chi connectivity index (χ3v) is 0.981. The molecule has 1 heterocycles. The Labute approximate surface area is 38.1 Å². The zero-order valence-electron chi connectivity index (χ0n) is 4.02. The Morgan fingerprint density at radius 2 is 2.50 bits per heavy atom. The second-order valence-electron chi connectivity index (χ2n) is 1.60. The molecular formula is C4H9N2. The van der Waals surface area contributed by atoms with Gasteiger partial charge in [-0.05, 0) is 6.42 Å². The zero-order chi connectivity index (χ0) is 4.41. The molecule has 1 saturated heterocycles. The molecule has 0 aromatic rings. The molecule has 2 heteroatoms. The largest absolute Gasteiger partial charge is 0.230 e. The first-order chi connectivity index (χ1) is 2.89. The van der Waals surface area contributed by atoms with Crippen LogP contribution in [0.4, 0.5) is 0 Å². The van der Waals surface area contributed by atoms with E-state index in [1.54, 1.807) is 0 Å². The van der Waals surface area contributed by atoms with Crippen LogP contribution in [-0.2, 0) is 0 Å². The van der Waals surface area contributed by atoms with Crippen molar-refractivity contribution in [1.82, 2.24) is 10.4 Å². The summed E-state index contributed by atoms with van der Waals surface area (Å²) < 4.78 is 0. The Morgan fingerprint density at radius 1 is 1.67 bits per heavy atom. The molecule has 0 bridgehead atoms. The minimum Gasteiger partial charge on any atom is -0.230 e. The third kappa shape index (κ3) is 0.698. The Hall–Kier alpha value is -0.0800. The molecule has 35 valence electrons. The van der Waals surface area contributed by atoms with Crippen LogP contribution >= 0.6 is 0 Å². The SMILES string of the molecule is CN1CCC[N]1. The maximum absolute atomic E-state index is 4.07. The fourth-order valence-corrected chi connectivity index (χ4v) is 0.612. The first kappa shape index (κ1) is 4.09. The lowest BCUT2D eigenvalue weighted by atomic mass is 10.5. The molecule has 1 aliphatic heterocycles. The highest BCUT2D eigenvalue weighted by Crippen LogP contribution is 1.91. The predicted octanol–water partition coefficient (Wildman–Crippen LogP) is -0.159. The van der Waals surface area contributed by atoms with Crippen molar-refractivity contribution in [3.05, 3.63) is 0 Å². The highest BCUT2D eigenvalue weighted by molar-refractivity contribution is 4.54. The molecule has 0 aliphatic carbocycles. The van der Waals surface area contributed by atoms with Gasteiger partial charge in [0, 0.05) is 20.1 Å². The Morgan fingerprint density at radius 3 is 2.67 bits per heavy atom. The molecule has 6 heavy (non-hydrogen) atoms. The minimum atomic E-state index is 1.04. The molecule has 1 aliphatic rings. The summed E-state index contributed by atoms with van der Waals surface area (Å²) in [6, 6.07) is 0. The number of hydrogen-bond donors (Lipinski definition) is 0. The van der Waals surface area contributed by atoms with Crippen molar-refractivity contribution < 1.29 is 0 Å². The summed E-state index contributed by atoms with van der Waals surface area (Å²) in [5, 5.41) is 1.99. The fraction of sp³-hybridized carbons (Fsp3) is 1.00. The van der Waals surface area contributed by atoms with E-state index in [2.05, 4.69) is 5.43 Å². The van der Waals surface area contributed by atoms with Gasteiger partial charge >= 0.3 is 0 Å². The summed E-state index contributed by atoms with van der Waals surface area (Å²) in [5.41, 5.74) is 4.07. The van der Waals surface area contributed by atoms with E-state index < -0.39 is 0 Å². The van der Waals surface area contributed by atoms with E-state index in [1.807, 2.05) is 12.1 Å². The van der Waals surface area contributed by atoms with E-state index >= 15 is 0 Å². The average Bonchev–Trinajstić information content (AvgIpc) is 1.86. The maximum Gasteiger partial charge on any atom is 0.0319 e. The smallest absolute Gasteiger partial charge is 0.0319 e. The van der Waals surface area contributed by atoms with Gasteiger partial charge in [0.05, 0.1) is 0 Å². The second kappa shape index (κ2) is 1.58. The summed E-state index contributed by atoms with van der Waals surface area (Å²) in [6.45, 7) is 2.19. The van der Waals surface area contributed by atoms with Gasteiger partial charge in [0.2, 0.25) is 0 Å². The first-order valence-electron chi connectivity index (χ1n) is 2.28. The number of nitrogens with zero attached hydrogens (tertiary/aromatic N) is 2. The average molecular weight is 85.1 g/mol. The van der Waals surface area contributed by atoms with Crippen LogP contribution in [0.5, 0.6) is 0 Å². The van der Waals surface area contributed by atoms with Crippen LogP contribution in [0.15, 0.2) is 0 Å². The van der Waals surface area contributed by atoms with Crippen LogP contribution in [0.3, 0.4) is 0 Å². The van der Waals surface area contributed by atoms with Gasteiger partial charge in [-0.1, -0.05) is 0 Å². The van der Waals surface area contributed by atoms with Gasteiger partial charge < -0.3 is 0 Å². The van der Waals surface area contributed by atoms with E-state index in [9.17, 15) is 0 Å². The molecule has 1 radical (unpaired) electrons. The summed E-state index contributed by atoms with van der Waals surface area (Å²) in [5.74, 6) is 0. The monoisotopic (exact) mass is 85.1 g/mol. The van der Waals surface area contributed by atoms with Crippen LogP contribution < -0.4 is 5.43 Å². The van der Waals surface area contributed by atoms with Crippen LogP contribution in [-0.4, -0.2) is 25.1 Å². The van der Waals surface area contributed by atoms with Crippen LogP contribution in [0.25, 0.3) is 0 Å². The maximum atomic E-state index is 4.07. The Bertz CT molecular complexity index is 38.8. The lowest BCUT2D eigenvalue weighted by Gasteiger charge is -1.99. The molecule has 0 spiro atoms. The van der Waals surface area contributed by atoms with Crippen molar-refractivity contribution in [2.24, 2.45) is 0 Å². The van der Waals surface area contributed by atoms with E-state index in [0.717, 1.165) is 13.1 Å². The predicted molar refractivity (Wildman–Crippen MR) is 24.2 cm³/mol. The standard InChI is InChI=1S/C4H9N2/c1-6-4-2-3-5-6/h2-4H2,1H3. The molecule has 0 atom stereocenters. The summed E-state index contributed by atoms with van der Waals surface area (Å²) >= 11 is 0. The van der Waals surface area contributed by atoms with Crippen LogP contribution in [0.1, 0.15) is 6.42 Å². The van der Waals surface area contributed by atoms with Crippen LogP contribution in [0, 0.1) is 0 Å².